The van der Waals surface area contributed by atoms with Gasteiger partial charge in [-0.1, -0.05) is 0 Å². The molecular formula is C17H27BrN2O2S. The first-order valence-corrected chi connectivity index (χ1v) is 9.83. The quantitative estimate of drug-likeness (QED) is 0.723. The van der Waals surface area contributed by atoms with E-state index in [-0.39, 0.29) is 6.09 Å². The van der Waals surface area contributed by atoms with Crippen LogP contribution in [-0.2, 0) is 11.2 Å². The molecule has 130 valence electrons. The molecule has 1 atom stereocenters. The van der Waals surface area contributed by atoms with Gasteiger partial charge in [0.1, 0.15) is 5.60 Å². The minimum absolute atomic E-state index is 0.251. The van der Waals surface area contributed by atoms with Gasteiger partial charge < -0.3 is 15.0 Å². The summed E-state index contributed by atoms with van der Waals surface area (Å²) in [6.45, 7) is 7.28. The van der Waals surface area contributed by atoms with Gasteiger partial charge in [-0.15, -0.1) is 11.3 Å². The van der Waals surface area contributed by atoms with Crippen molar-refractivity contribution in [3.05, 3.63) is 20.3 Å². The fraction of sp³-hybridized carbons (Fsp3) is 0.706. The molecule has 0 saturated heterocycles. The summed E-state index contributed by atoms with van der Waals surface area (Å²) in [6.07, 6.45) is 4.31. The van der Waals surface area contributed by atoms with E-state index in [0.717, 1.165) is 13.0 Å². The molecule has 0 aromatic carbocycles. The van der Waals surface area contributed by atoms with Crippen LogP contribution in [0.1, 0.15) is 56.5 Å². The number of halogens is 1. The van der Waals surface area contributed by atoms with Gasteiger partial charge in [0.25, 0.3) is 0 Å². The van der Waals surface area contributed by atoms with Crippen molar-refractivity contribution < 1.29 is 9.53 Å². The Balaban J connectivity index is 1.73. The molecule has 1 amide bonds. The minimum Gasteiger partial charge on any atom is -0.444 e. The smallest absolute Gasteiger partial charge is 0.410 e. The molecule has 0 radical (unpaired) electrons. The van der Waals surface area contributed by atoms with Gasteiger partial charge in [-0.3, -0.25) is 0 Å². The molecule has 6 heteroatoms. The molecule has 0 aliphatic heterocycles. The Labute approximate surface area is 151 Å². The number of amides is 1. The fourth-order valence-electron chi connectivity index (χ4n) is 2.76. The summed E-state index contributed by atoms with van der Waals surface area (Å²) in [7, 11) is 1.79. The molecule has 1 unspecified atom stereocenters. The Morgan fingerprint density at radius 3 is 2.96 bits per heavy atom. The topological polar surface area (TPSA) is 41.6 Å². The zero-order valence-electron chi connectivity index (χ0n) is 14.4. The second-order valence-electron chi connectivity index (χ2n) is 7.08. The van der Waals surface area contributed by atoms with E-state index in [1.807, 2.05) is 32.1 Å². The molecular weight excluding hydrogens is 376 g/mol. The number of aryl methyl sites for hydroxylation is 1. The van der Waals surface area contributed by atoms with Gasteiger partial charge in [0.05, 0.1) is 3.79 Å². The summed E-state index contributed by atoms with van der Waals surface area (Å²) in [5.74, 6) is 0. The van der Waals surface area contributed by atoms with Crippen LogP contribution in [0.4, 0.5) is 4.79 Å². The van der Waals surface area contributed by atoms with Gasteiger partial charge >= 0.3 is 6.09 Å². The average Bonchev–Trinajstić information content (AvgIpc) is 2.82. The van der Waals surface area contributed by atoms with Crippen LogP contribution in [0.3, 0.4) is 0 Å². The predicted octanol–water partition coefficient (Wildman–Crippen LogP) is 4.73. The van der Waals surface area contributed by atoms with Gasteiger partial charge in [-0.05, 0) is 80.6 Å². The normalized spacial score (nSPS) is 17.7. The number of nitrogens with one attached hydrogen (secondary N) is 1. The maximum Gasteiger partial charge on any atom is 0.410 e. The van der Waals surface area contributed by atoms with E-state index in [9.17, 15) is 4.79 Å². The molecule has 0 fully saturated rings. The monoisotopic (exact) mass is 402 g/mol. The van der Waals surface area contributed by atoms with Gasteiger partial charge in [-0.2, -0.15) is 0 Å². The summed E-state index contributed by atoms with van der Waals surface area (Å²) in [4.78, 5) is 15.1. The van der Waals surface area contributed by atoms with E-state index >= 15 is 0 Å². The van der Waals surface area contributed by atoms with Crippen LogP contribution in [0.2, 0.25) is 0 Å². The van der Waals surface area contributed by atoms with E-state index in [1.165, 1.54) is 33.5 Å². The number of hydrogen-bond acceptors (Lipinski definition) is 4. The molecule has 1 aromatic rings. The Bertz CT molecular complexity index is 539. The highest BCUT2D eigenvalue weighted by Crippen LogP contribution is 2.37. The number of nitrogens with zero attached hydrogens (tertiary/aromatic N) is 1. The van der Waals surface area contributed by atoms with Crippen LogP contribution in [0.15, 0.2) is 9.85 Å². The molecule has 4 nitrogen and oxygen atoms in total. The van der Waals surface area contributed by atoms with Crippen molar-refractivity contribution in [1.82, 2.24) is 10.2 Å². The first kappa shape index (κ1) is 18.7. The van der Waals surface area contributed by atoms with Crippen LogP contribution in [0.25, 0.3) is 0 Å². The Hall–Kier alpha value is -0.590. The maximum atomic E-state index is 11.9. The number of ether oxygens (including phenoxy) is 1. The lowest BCUT2D eigenvalue weighted by Crippen LogP contribution is -2.36. The largest absolute Gasteiger partial charge is 0.444 e. The summed E-state index contributed by atoms with van der Waals surface area (Å²) < 4.78 is 6.58. The van der Waals surface area contributed by atoms with Gasteiger partial charge in [0, 0.05) is 24.5 Å². The van der Waals surface area contributed by atoms with Crippen molar-refractivity contribution in [1.29, 1.82) is 0 Å². The van der Waals surface area contributed by atoms with E-state index in [0.29, 0.717) is 12.6 Å². The maximum absolute atomic E-state index is 11.9. The summed E-state index contributed by atoms with van der Waals surface area (Å²) >= 11 is 5.45. The van der Waals surface area contributed by atoms with Gasteiger partial charge in [0.15, 0.2) is 0 Å². The highest BCUT2D eigenvalue weighted by Gasteiger charge is 2.22. The van der Waals surface area contributed by atoms with Crippen molar-refractivity contribution in [2.24, 2.45) is 0 Å². The number of thiophene rings is 1. The summed E-state index contributed by atoms with van der Waals surface area (Å²) in [5, 5.41) is 3.64. The first-order valence-electron chi connectivity index (χ1n) is 8.22. The lowest BCUT2D eigenvalue weighted by molar-refractivity contribution is 0.0297. The van der Waals surface area contributed by atoms with Gasteiger partial charge in [-0.25, -0.2) is 4.79 Å². The van der Waals surface area contributed by atoms with Crippen LogP contribution in [0.5, 0.6) is 0 Å². The van der Waals surface area contributed by atoms with Crippen molar-refractivity contribution in [3.8, 4) is 0 Å². The summed E-state index contributed by atoms with van der Waals surface area (Å²) in [6, 6.07) is 2.71. The Morgan fingerprint density at radius 2 is 2.26 bits per heavy atom. The van der Waals surface area contributed by atoms with E-state index < -0.39 is 5.60 Å². The molecule has 1 aliphatic carbocycles. The van der Waals surface area contributed by atoms with Crippen molar-refractivity contribution in [2.45, 2.75) is 58.1 Å². The molecule has 1 N–H and O–H groups in total. The third kappa shape index (κ3) is 5.76. The third-order valence-electron chi connectivity index (χ3n) is 3.85. The number of hydrogen-bond donors (Lipinski definition) is 1. The molecule has 0 bridgehead atoms. The van der Waals surface area contributed by atoms with E-state index in [2.05, 4.69) is 27.3 Å². The minimum atomic E-state index is -0.436. The Morgan fingerprint density at radius 1 is 1.52 bits per heavy atom. The standard InChI is InChI=1S/C17H27BrN2O2S/c1-17(2,3)22-16(21)20(4)10-6-9-19-13-7-5-8-14-12(13)11-15(18)23-14/h11,13,19H,5-10H2,1-4H3. The lowest BCUT2D eigenvalue weighted by atomic mass is 9.94. The van der Waals surface area contributed by atoms with Crippen LogP contribution >= 0.6 is 27.3 Å². The van der Waals surface area contributed by atoms with Gasteiger partial charge in [0.2, 0.25) is 0 Å². The second kappa shape index (κ2) is 7.99. The van der Waals surface area contributed by atoms with Crippen LogP contribution in [0, 0.1) is 0 Å². The van der Waals surface area contributed by atoms with Crippen molar-refractivity contribution in [3.63, 3.8) is 0 Å². The number of carbonyl (C=O) groups excluding carboxylic acids is 1. The molecule has 1 aliphatic rings. The molecule has 0 saturated carbocycles. The molecule has 2 rings (SSSR count). The average molecular weight is 403 g/mol. The molecule has 1 heterocycles. The highest BCUT2D eigenvalue weighted by molar-refractivity contribution is 9.11. The zero-order chi connectivity index (χ0) is 17.0. The predicted molar refractivity (Wildman–Crippen MR) is 99.2 cm³/mol. The molecule has 0 spiro atoms. The van der Waals surface area contributed by atoms with E-state index in [1.54, 1.807) is 11.9 Å². The molecule has 1 aromatic heterocycles. The number of carbonyl (C=O) groups is 1. The first-order chi connectivity index (χ1) is 10.8. The third-order valence-corrected chi connectivity index (χ3v) is 5.56. The fourth-order valence-corrected chi connectivity index (χ4v) is 4.58. The zero-order valence-corrected chi connectivity index (χ0v) is 16.8. The van der Waals surface area contributed by atoms with Crippen molar-refractivity contribution >= 4 is 33.4 Å². The SMILES string of the molecule is CN(CCCNC1CCCc2sc(Br)cc21)C(=O)OC(C)(C)C. The van der Waals surface area contributed by atoms with Crippen LogP contribution in [-0.4, -0.2) is 36.7 Å². The number of fused-ring (bicyclic) bond motifs is 1. The highest BCUT2D eigenvalue weighted by atomic mass is 79.9. The van der Waals surface area contributed by atoms with Crippen LogP contribution < -0.4 is 5.32 Å². The second-order valence-corrected chi connectivity index (χ2v) is 9.60. The van der Waals surface area contributed by atoms with E-state index in [4.69, 9.17) is 4.74 Å². The Kier molecular flexibility index (Phi) is 6.51. The lowest BCUT2D eigenvalue weighted by Gasteiger charge is -2.26. The number of rotatable bonds is 5. The van der Waals surface area contributed by atoms with Crippen molar-refractivity contribution in [2.75, 3.05) is 20.1 Å². The molecule has 23 heavy (non-hydrogen) atoms. The summed E-state index contributed by atoms with van der Waals surface area (Å²) in [5.41, 5.74) is 1.02.